The summed E-state index contributed by atoms with van der Waals surface area (Å²) in [6, 6.07) is 2.37. The molecule has 2 unspecified atom stereocenters. The Balaban J connectivity index is 2.93. The van der Waals surface area contributed by atoms with Crippen molar-refractivity contribution in [1.82, 2.24) is 0 Å². The van der Waals surface area contributed by atoms with Gasteiger partial charge in [0.25, 0.3) is 0 Å². The summed E-state index contributed by atoms with van der Waals surface area (Å²) in [5.41, 5.74) is 0.121. The van der Waals surface area contributed by atoms with Crippen molar-refractivity contribution in [3.8, 4) is 5.75 Å². The van der Waals surface area contributed by atoms with Crippen LogP contribution in [0.2, 0.25) is 10.0 Å². The topological polar surface area (TPSA) is 87.0 Å². The summed E-state index contributed by atoms with van der Waals surface area (Å²) >= 11 is 11.5. The summed E-state index contributed by atoms with van der Waals surface area (Å²) in [6.45, 7) is 0. The second-order valence-electron chi connectivity index (χ2n) is 3.62. The number of methoxy groups -OCH3 is 1. The van der Waals surface area contributed by atoms with Crippen LogP contribution >= 0.6 is 23.2 Å². The fraction of sp³-hybridized carbons (Fsp3) is 0.364. The fourth-order valence-electron chi connectivity index (χ4n) is 1.35. The highest BCUT2D eigenvalue weighted by Gasteiger charge is 2.24. The van der Waals surface area contributed by atoms with Crippen molar-refractivity contribution in [3.05, 3.63) is 27.7 Å². The number of aliphatic hydroxyl groups is 2. The summed E-state index contributed by atoms with van der Waals surface area (Å²) in [5.74, 6) is -0.900. The summed E-state index contributed by atoms with van der Waals surface area (Å²) in [4.78, 5) is 11.0. The number of aromatic hydroxyl groups is 1. The maximum absolute atomic E-state index is 11.0. The van der Waals surface area contributed by atoms with Gasteiger partial charge in [-0.2, -0.15) is 0 Å². The number of carbonyl (C=O) groups excluding carboxylic acids is 1. The molecule has 7 heteroatoms. The van der Waals surface area contributed by atoms with Crippen LogP contribution in [0.15, 0.2) is 12.1 Å². The van der Waals surface area contributed by atoms with Gasteiger partial charge in [0.2, 0.25) is 0 Å². The molecular formula is C11H12Cl2O5. The van der Waals surface area contributed by atoms with Gasteiger partial charge in [0.15, 0.2) is 0 Å². The number of aliphatic hydroxyl groups excluding tert-OH is 2. The molecule has 18 heavy (non-hydrogen) atoms. The van der Waals surface area contributed by atoms with Crippen molar-refractivity contribution in [2.45, 2.75) is 18.6 Å². The zero-order valence-electron chi connectivity index (χ0n) is 9.43. The second-order valence-corrected chi connectivity index (χ2v) is 4.43. The SMILES string of the molecule is COC(=O)CC(O)C(O)c1cc(Cl)c(O)cc1Cl. The second kappa shape index (κ2) is 6.24. The van der Waals surface area contributed by atoms with E-state index in [1.165, 1.54) is 13.2 Å². The number of hydrogen-bond acceptors (Lipinski definition) is 5. The Kier molecular flexibility index (Phi) is 5.22. The third kappa shape index (κ3) is 3.49. The van der Waals surface area contributed by atoms with E-state index in [1.807, 2.05) is 0 Å². The van der Waals surface area contributed by atoms with E-state index in [9.17, 15) is 20.1 Å². The predicted molar refractivity (Wildman–Crippen MR) is 65.7 cm³/mol. The molecule has 100 valence electrons. The number of halogens is 2. The molecule has 3 N–H and O–H groups in total. The first-order valence-electron chi connectivity index (χ1n) is 4.97. The van der Waals surface area contributed by atoms with E-state index >= 15 is 0 Å². The Morgan fingerprint density at radius 2 is 1.94 bits per heavy atom. The van der Waals surface area contributed by atoms with Gasteiger partial charge in [0, 0.05) is 11.6 Å². The first-order valence-corrected chi connectivity index (χ1v) is 5.73. The van der Waals surface area contributed by atoms with E-state index in [0.717, 1.165) is 6.07 Å². The molecule has 0 aliphatic heterocycles. The van der Waals surface area contributed by atoms with Crippen molar-refractivity contribution in [3.63, 3.8) is 0 Å². The van der Waals surface area contributed by atoms with Crippen molar-refractivity contribution in [2.75, 3.05) is 7.11 Å². The fourth-order valence-corrected chi connectivity index (χ4v) is 1.79. The standard InChI is InChI=1S/C11H12Cl2O5/c1-18-10(16)4-9(15)11(17)5-2-7(13)8(14)3-6(5)12/h2-3,9,11,14-15,17H,4H2,1H3. The molecule has 2 atom stereocenters. The van der Waals surface area contributed by atoms with Gasteiger partial charge in [0.1, 0.15) is 11.9 Å². The third-order valence-electron chi connectivity index (χ3n) is 2.35. The molecule has 1 aromatic rings. The molecule has 5 nitrogen and oxygen atoms in total. The Hall–Kier alpha value is -1.01. The lowest BCUT2D eigenvalue weighted by Crippen LogP contribution is -2.22. The number of carbonyl (C=O) groups is 1. The molecule has 0 aliphatic rings. The van der Waals surface area contributed by atoms with E-state index in [1.54, 1.807) is 0 Å². The number of hydrogen-bond donors (Lipinski definition) is 3. The summed E-state index contributed by atoms with van der Waals surface area (Å²) in [7, 11) is 1.17. The molecule has 0 spiro atoms. The number of benzene rings is 1. The molecule has 0 heterocycles. The van der Waals surface area contributed by atoms with Crippen LogP contribution in [-0.4, -0.2) is 34.5 Å². The van der Waals surface area contributed by atoms with Crippen LogP contribution in [0, 0.1) is 0 Å². The molecule has 1 rings (SSSR count). The number of rotatable bonds is 4. The minimum atomic E-state index is -1.41. The summed E-state index contributed by atoms with van der Waals surface area (Å²) in [5, 5.41) is 28.8. The number of phenols is 1. The van der Waals surface area contributed by atoms with Crippen LogP contribution in [-0.2, 0) is 9.53 Å². The Morgan fingerprint density at radius 1 is 1.33 bits per heavy atom. The van der Waals surface area contributed by atoms with Gasteiger partial charge in [-0.25, -0.2) is 0 Å². The predicted octanol–water partition coefficient (Wildman–Crippen LogP) is 1.66. The molecule has 0 amide bonds. The lowest BCUT2D eigenvalue weighted by atomic mass is 10.0. The highest BCUT2D eigenvalue weighted by atomic mass is 35.5. The van der Waals surface area contributed by atoms with Gasteiger partial charge >= 0.3 is 5.97 Å². The molecule has 0 saturated carbocycles. The molecule has 0 saturated heterocycles. The zero-order valence-corrected chi connectivity index (χ0v) is 10.9. The Labute approximate surface area is 114 Å². The van der Waals surface area contributed by atoms with Gasteiger partial charge in [0.05, 0.1) is 29.7 Å². The number of phenolic OH excluding ortho intramolecular Hbond substituents is 1. The van der Waals surface area contributed by atoms with Crippen LogP contribution in [0.1, 0.15) is 18.1 Å². The highest BCUT2D eigenvalue weighted by Crippen LogP contribution is 2.34. The lowest BCUT2D eigenvalue weighted by Gasteiger charge is -2.18. The largest absolute Gasteiger partial charge is 0.506 e. The molecule has 0 fully saturated rings. The Bertz CT molecular complexity index is 449. The van der Waals surface area contributed by atoms with Crippen LogP contribution in [0.5, 0.6) is 5.75 Å². The van der Waals surface area contributed by atoms with E-state index in [0.29, 0.717) is 0 Å². The maximum Gasteiger partial charge on any atom is 0.308 e. The Morgan fingerprint density at radius 3 is 2.50 bits per heavy atom. The smallest absolute Gasteiger partial charge is 0.308 e. The molecular weight excluding hydrogens is 283 g/mol. The van der Waals surface area contributed by atoms with Crippen molar-refractivity contribution in [2.24, 2.45) is 0 Å². The first kappa shape index (κ1) is 15.0. The van der Waals surface area contributed by atoms with Crippen molar-refractivity contribution < 1.29 is 24.9 Å². The normalized spacial score (nSPS) is 14.1. The quantitative estimate of drug-likeness (QED) is 0.735. The van der Waals surface area contributed by atoms with Crippen molar-refractivity contribution in [1.29, 1.82) is 0 Å². The van der Waals surface area contributed by atoms with Crippen LogP contribution < -0.4 is 0 Å². The summed E-state index contributed by atoms with van der Waals surface area (Å²) < 4.78 is 4.37. The molecule has 0 aliphatic carbocycles. The zero-order chi connectivity index (χ0) is 13.9. The van der Waals surface area contributed by atoms with Gasteiger partial charge in [-0.15, -0.1) is 0 Å². The summed E-state index contributed by atoms with van der Waals surface area (Å²) in [6.07, 6.45) is -3.17. The molecule has 1 aromatic carbocycles. The van der Waals surface area contributed by atoms with Gasteiger partial charge in [-0.1, -0.05) is 23.2 Å². The average molecular weight is 295 g/mol. The maximum atomic E-state index is 11.0. The van der Waals surface area contributed by atoms with Crippen molar-refractivity contribution >= 4 is 29.2 Å². The lowest BCUT2D eigenvalue weighted by molar-refractivity contribution is -0.144. The van der Waals surface area contributed by atoms with E-state index in [-0.39, 0.29) is 27.8 Å². The molecule has 0 radical (unpaired) electrons. The highest BCUT2D eigenvalue weighted by molar-refractivity contribution is 6.34. The van der Waals surface area contributed by atoms with E-state index in [2.05, 4.69) is 4.74 Å². The van der Waals surface area contributed by atoms with Gasteiger partial charge < -0.3 is 20.1 Å². The third-order valence-corrected chi connectivity index (χ3v) is 2.98. The van der Waals surface area contributed by atoms with Crippen LogP contribution in [0.25, 0.3) is 0 Å². The minimum Gasteiger partial charge on any atom is -0.506 e. The van der Waals surface area contributed by atoms with Crippen LogP contribution in [0.4, 0.5) is 0 Å². The number of esters is 1. The molecule has 0 aromatic heterocycles. The van der Waals surface area contributed by atoms with Gasteiger partial charge in [-0.3, -0.25) is 4.79 Å². The minimum absolute atomic E-state index is 0.0151. The van der Waals surface area contributed by atoms with Gasteiger partial charge in [-0.05, 0) is 6.07 Å². The molecule has 0 bridgehead atoms. The first-order chi connectivity index (χ1) is 8.36. The van der Waals surface area contributed by atoms with Crippen LogP contribution in [0.3, 0.4) is 0 Å². The average Bonchev–Trinajstić information content (AvgIpc) is 2.32. The monoisotopic (exact) mass is 294 g/mol. The van der Waals surface area contributed by atoms with E-state index < -0.39 is 18.2 Å². The number of ether oxygens (including phenoxy) is 1. The van der Waals surface area contributed by atoms with E-state index in [4.69, 9.17) is 23.2 Å².